The molecule has 0 bridgehead atoms. The summed E-state index contributed by atoms with van der Waals surface area (Å²) in [5, 5.41) is 12.6. The largest absolute Gasteiger partial charge is 0.337 e. The maximum absolute atomic E-state index is 12.8. The van der Waals surface area contributed by atoms with E-state index in [0.717, 1.165) is 11.3 Å². The molecule has 0 atom stereocenters. The molecule has 0 unspecified atom stereocenters. The third-order valence-electron chi connectivity index (χ3n) is 4.31. The fourth-order valence-electron chi connectivity index (χ4n) is 2.88. The highest BCUT2D eigenvalue weighted by molar-refractivity contribution is 6.30. The molecule has 5 aromatic rings. The molecule has 0 fully saturated rings. The smallest absolute Gasteiger partial charge is 0.284 e. The zero-order valence-electron chi connectivity index (χ0n) is 14.8. The van der Waals surface area contributed by atoms with Gasteiger partial charge in [-0.25, -0.2) is 4.98 Å². The minimum atomic E-state index is -0.344. The van der Waals surface area contributed by atoms with Crippen molar-refractivity contribution in [2.75, 3.05) is 0 Å². The molecule has 0 spiro atoms. The van der Waals surface area contributed by atoms with Gasteiger partial charge in [0.05, 0.1) is 5.69 Å². The molecule has 142 valence electrons. The first-order valence-corrected chi connectivity index (χ1v) is 9.01. The van der Waals surface area contributed by atoms with Crippen LogP contribution < -0.4 is 5.56 Å². The van der Waals surface area contributed by atoms with Crippen LogP contribution in [0.2, 0.25) is 5.02 Å². The lowest BCUT2D eigenvalue weighted by atomic mass is 10.2. The van der Waals surface area contributed by atoms with Crippen LogP contribution >= 0.6 is 11.6 Å². The van der Waals surface area contributed by atoms with E-state index >= 15 is 0 Å². The number of para-hydroxylation sites is 1. The highest BCUT2D eigenvalue weighted by atomic mass is 35.5. The Morgan fingerprint density at radius 2 is 1.83 bits per heavy atom. The van der Waals surface area contributed by atoms with Crippen LogP contribution in [0.15, 0.2) is 70.2 Å². The summed E-state index contributed by atoms with van der Waals surface area (Å²) in [6.45, 7) is 0.0700. The van der Waals surface area contributed by atoms with E-state index in [1.807, 2.05) is 30.3 Å². The van der Waals surface area contributed by atoms with Crippen LogP contribution in [0.5, 0.6) is 0 Å². The van der Waals surface area contributed by atoms with E-state index in [4.69, 9.17) is 16.1 Å². The molecule has 0 aliphatic heterocycles. The number of aromatic nitrogens is 7. The van der Waals surface area contributed by atoms with Gasteiger partial charge in [-0.3, -0.25) is 9.36 Å². The Hall–Kier alpha value is -3.85. The number of benzene rings is 2. The molecular formula is C19H12ClN7O2. The maximum Gasteiger partial charge on any atom is 0.284 e. The third kappa shape index (κ3) is 3.17. The zero-order chi connectivity index (χ0) is 19.8. The quantitative estimate of drug-likeness (QED) is 0.452. The van der Waals surface area contributed by atoms with Crippen LogP contribution in [0, 0.1) is 0 Å². The van der Waals surface area contributed by atoms with Gasteiger partial charge < -0.3 is 4.52 Å². The highest BCUT2D eigenvalue weighted by Crippen LogP contribution is 2.19. The standard InChI is InChI=1S/C19H12ClN7O2/c20-13-8-6-12(7-9-13)17-22-15(29-24-17)10-26-11-21-18-16(19(26)28)23-25-27(18)14-4-2-1-3-5-14/h1-9,11H,10H2. The molecule has 0 aliphatic rings. The lowest BCUT2D eigenvalue weighted by Gasteiger charge is -2.02. The molecule has 29 heavy (non-hydrogen) atoms. The average molecular weight is 406 g/mol. The normalized spacial score (nSPS) is 11.2. The van der Waals surface area contributed by atoms with Crippen molar-refractivity contribution in [3.05, 3.63) is 82.2 Å². The summed E-state index contributed by atoms with van der Waals surface area (Å²) in [5.74, 6) is 0.683. The van der Waals surface area contributed by atoms with Crippen molar-refractivity contribution < 1.29 is 4.52 Å². The van der Waals surface area contributed by atoms with Crippen LogP contribution in [0.3, 0.4) is 0 Å². The Morgan fingerprint density at radius 1 is 1.03 bits per heavy atom. The second kappa shape index (κ2) is 6.95. The fraction of sp³-hybridized carbons (Fsp3) is 0.0526. The minimum absolute atomic E-state index is 0.0700. The Labute approximate surface area is 168 Å². The average Bonchev–Trinajstić information content (AvgIpc) is 3.39. The number of fused-ring (bicyclic) bond motifs is 1. The van der Waals surface area contributed by atoms with Gasteiger partial charge in [-0.15, -0.1) is 5.10 Å². The van der Waals surface area contributed by atoms with Crippen molar-refractivity contribution in [3.63, 3.8) is 0 Å². The number of rotatable bonds is 4. The zero-order valence-corrected chi connectivity index (χ0v) is 15.6. The van der Waals surface area contributed by atoms with Crippen molar-refractivity contribution in [1.82, 2.24) is 34.7 Å². The van der Waals surface area contributed by atoms with Crippen LogP contribution in [0.4, 0.5) is 0 Å². The van der Waals surface area contributed by atoms with Crippen molar-refractivity contribution in [3.8, 4) is 17.1 Å². The first-order valence-electron chi connectivity index (χ1n) is 8.64. The summed E-state index contributed by atoms with van der Waals surface area (Å²) < 4.78 is 8.14. The predicted molar refractivity (Wildman–Crippen MR) is 105 cm³/mol. The summed E-state index contributed by atoms with van der Waals surface area (Å²) in [4.78, 5) is 21.5. The Morgan fingerprint density at radius 3 is 2.62 bits per heavy atom. The van der Waals surface area contributed by atoms with Crippen molar-refractivity contribution in [2.45, 2.75) is 6.54 Å². The van der Waals surface area contributed by atoms with E-state index in [-0.39, 0.29) is 23.5 Å². The van der Waals surface area contributed by atoms with Crippen molar-refractivity contribution >= 4 is 22.8 Å². The van der Waals surface area contributed by atoms with Crippen LogP contribution in [-0.4, -0.2) is 34.7 Å². The van der Waals surface area contributed by atoms with E-state index in [1.54, 1.807) is 24.3 Å². The third-order valence-corrected chi connectivity index (χ3v) is 4.56. The molecule has 9 nitrogen and oxygen atoms in total. The van der Waals surface area contributed by atoms with Crippen molar-refractivity contribution in [2.24, 2.45) is 0 Å². The molecule has 0 radical (unpaired) electrons. The maximum atomic E-state index is 12.8. The summed E-state index contributed by atoms with van der Waals surface area (Å²) in [5.41, 5.74) is 1.72. The topological polar surface area (TPSA) is 105 Å². The molecule has 0 saturated carbocycles. The highest BCUT2D eigenvalue weighted by Gasteiger charge is 2.15. The minimum Gasteiger partial charge on any atom is -0.337 e. The van der Waals surface area contributed by atoms with Gasteiger partial charge in [0.1, 0.15) is 12.9 Å². The number of hydrogen-bond donors (Lipinski definition) is 0. The molecule has 0 N–H and O–H groups in total. The molecule has 3 heterocycles. The second-order valence-corrected chi connectivity index (χ2v) is 6.64. The SMILES string of the molecule is O=c1c2nnn(-c3ccccc3)c2ncn1Cc1nc(-c2ccc(Cl)cc2)no1. The van der Waals surface area contributed by atoms with E-state index < -0.39 is 0 Å². The fourth-order valence-corrected chi connectivity index (χ4v) is 3.01. The van der Waals surface area contributed by atoms with Gasteiger partial charge in [0.25, 0.3) is 5.56 Å². The summed E-state index contributed by atoms with van der Waals surface area (Å²) >= 11 is 5.90. The van der Waals surface area contributed by atoms with E-state index in [1.165, 1.54) is 15.6 Å². The molecule has 2 aromatic carbocycles. The monoisotopic (exact) mass is 405 g/mol. The molecule has 0 aliphatic carbocycles. The Bertz CT molecular complexity index is 1360. The molecule has 3 aromatic heterocycles. The molecular weight excluding hydrogens is 394 g/mol. The van der Waals surface area contributed by atoms with Gasteiger partial charge in [0, 0.05) is 10.6 Å². The number of halogens is 1. The lowest BCUT2D eigenvalue weighted by Crippen LogP contribution is -2.21. The van der Waals surface area contributed by atoms with Gasteiger partial charge in [-0.05, 0) is 36.4 Å². The summed E-state index contributed by atoms with van der Waals surface area (Å²) in [6, 6.07) is 16.4. The lowest BCUT2D eigenvalue weighted by molar-refractivity contribution is 0.369. The van der Waals surface area contributed by atoms with E-state index in [9.17, 15) is 4.79 Å². The molecule has 0 amide bonds. The van der Waals surface area contributed by atoms with Gasteiger partial charge in [-0.2, -0.15) is 9.67 Å². The van der Waals surface area contributed by atoms with Crippen LogP contribution in [0.25, 0.3) is 28.2 Å². The van der Waals surface area contributed by atoms with Gasteiger partial charge in [0.15, 0.2) is 11.2 Å². The van der Waals surface area contributed by atoms with Crippen molar-refractivity contribution in [1.29, 1.82) is 0 Å². The van der Waals surface area contributed by atoms with E-state index in [0.29, 0.717) is 16.5 Å². The first kappa shape index (κ1) is 17.3. The van der Waals surface area contributed by atoms with Gasteiger partial charge in [-0.1, -0.05) is 40.2 Å². The Balaban J connectivity index is 1.47. The number of nitrogens with zero attached hydrogens (tertiary/aromatic N) is 7. The summed E-state index contributed by atoms with van der Waals surface area (Å²) in [6.07, 6.45) is 1.42. The summed E-state index contributed by atoms with van der Waals surface area (Å²) in [7, 11) is 0. The van der Waals surface area contributed by atoms with E-state index in [2.05, 4.69) is 25.4 Å². The predicted octanol–water partition coefficient (Wildman–Crippen LogP) is 2.73. The molecule has 0 saturated heterocycles. The van der Waals surface area contributed by atoms with Gasteiger partial charge in [0.2, 0.25) is 11.7 Å². The van der Waals surface area contributed by atoms with Gasteiger partial charge >= 0.3 is 0 Å². The van der Waals surface area contributed by atoms with Crippen LogP contribution in [-0.2, 0) is 6.54 Å². The Kier molecular flexibility index (Phi) is 4.14. The first-order chi connectivity index (χ1) is 14.2. The second-order valence-electron chi connectivity index (χ2n) is 6.21. The molecule has 10 heteroatoms. The molecule has 5 rings (SSSR count). The van der Waals surface area contributed by atoms with Crippen LogP contribution in [0.1, 0.15) is 5.89 Å². The number of hydrogen-bond acceptors (Lipinski definition) is 7.